The van der Waals surface area contributed by atoms with Crippen LogP contribution in [0.5, 0.6) is 0 Å². The minimum absolute atomic E-state index is 0.0296. The largest absolute Gasteiger partial charge is 0.463 e. The molecule has 3 heterocycles. The number of nitrogens with zero attached hydrogens (tertiary/aromatic N) is 3. The Morgan fingerprint density at radius 1 is 1.20 bits per heavy atom. The van der Waals surface area contributed by atoms with Crippen LogP contribution in [0.15, 0.2) is 47.1 Å². The molecule has 0 bridgehead atoms. The molecule has 7 nitrogen and oxygen atoms in total. The summed E-state index contributed by atoms with van der Waals surface area (Å²) in [5.74, 6) is -0.0803. The monoisotopic (exact) mass is 332 g/mol. The zero-order valence-electron chi connectivity index (χ0n) is 13.0. The van der Waals surface area contributed by atoms with E-state index in [0.717, 1.165) is 5.56 Å². The van der Waals surface area contributed by atoms with Crippen LogP contribution in [0.3, 0.4) is 0 Å². The highest BCUT2D eigenvalue weighted by Gasteiger charge is 2.37. The van der Waals surface area contributed by atoms with Crippen molar-refractivity contribution in [3.63, 3.8) is 0 Å². The Hall–Kier alpha value is -3.66. The normalized spacial score (nSPS) is 15.5. The molecule has 1 aliphatic heterocycles. The second kappa shape index (κ2) is 5.76. The summed E-state index contributed by atoms with van der Waals surface area (Å²) >= 11 is 0. The number of hydrogen-bond donors (Lipinski definition) is 1. The van der Waals surface area contributed by atoms with Gasteiger partial charge in [-0.2, -0.15) is 5.26 Å². The highest BCUT2D eigenvalue weighted by Crippen LogP contribution is 2.37. The smallest absolute Gasteiger partial charge is 0.343 e. The minimum atomic E-state index is -0.629. The molecule has 1 unspecified atom stereocenters. The number of carbonyl (C=O) groups is 1. The van der Waals surface area contributed by atoms with Gasteiger partial charge in [0.2, 0.25) is 5.95 Å². The first-order valence-corrected chi connectivity index (χ1v) is 7.57. The number of anilines is 1. The van der Waals surface area contributed by atoms with Crippen molar-refractivity contribution in [1.29, 1.82) is 5.26 Å². The summed E-state index contributed by atoms with van der Waals surface area (Å²) in [5.41, 5.74) is 8.09. The van der Waals surface area contributed by atoms with Gasteiger partial charge in [0.25, 0.3) is 0 Å². The maximum Gasteiger partial charge on any atom is 0.343 e. The van der Waals surface area contributed by atoms with Gasteiger partial charge in [0, 0.05) is 6.42 Å². The molecule has 2 aromatic heterocycles. The first-order chi connectivity index (χ1) is 12.2. The average molecular weight is 332 g/mol. The van der Waals surface area contributed by atoms with Crippen LogP contribution in [-0.2, 0) is 11.2 Å². The number of cyclic esters (lactones) is 1. The molecule has 4 rings (SSSR count). The molecule has 0 saturated heterocycles. The van der Waals surface area contributed by atoms with Crippen molar-refractivity contribution in [3.8, 4) is 17.5 Å². The van der Waals surface area contributed by atoms with E-state index in [9.17, 15) is 10.1 Å². The van der Waals surface area contributed by atoms with Crippen molar-refractivity contribution in [1.82, 2.24) is 9.97 Å². The number of esters is 1. The van der Waals surface area contributed by atoms with Crippen molar-refractivity contribution in [2.75, 3.05) is 5.73 Å². The molecule has 0 amide bonds. The van der Waals surface area contributed by atoms with Crippen LogP contribution < -0.4 is 5.73 Å². The Kier molecular flexibility index (Phi) is 3.43. The Morgan fingerprint density at radius 3 is 2.80 bits per heavy atom. The second-order valence-electron chi connectivity index (χ2n) is 5.53. The predicted molar refractivity (Wildman–Crippen MR) is 87.2 cm³/mol. The molecule has 122 valence electrons. The molecule has 1 aliphatic rings. The van der Waals surface area contributed by atoms with Gasteiger partial charge in [-0.25, -0.2) is 14.8 Å². The van der Waals surface area contributed by atoms with Crippen LogP contribution in [-0.4, -0.2) is 15.9 Å². The third kappa shape index (κ3) is 2.50. The summed E-state index contributed by atoms with van der Waals surface area (Å²) < 4.78 is 10.8. The van der Waals surface area contributed by atoms with Gasteiger partial charge in [0.05, 0.1) is 17.9 Å². The van der Waals surface area contributed by atoms with Crippen LogP contribution in [0.25, 0.3) is 11.5 Å². The SMILES string of the molecule is N#Cc1ccccc1CC1OC(=O)c2c(-c3ccco3)nc(N)nc21. The quantitative estimate of drug-likeness (QED) is 0.733. The fourth-order valence-electron chi connectivity index (χ4n) is 2.91. The molecular weight excluding hydrogens is 320 g/mol. The highest BCUT2D eigenvalue weighted by molar-refractivity contribution is 5.99. The molecule has 3 aromatic rings. The van der Waals surface area contributed by atoms with Gasteiger partial charge in [0.15, 0.2) is 5.76 Å². The van der Waals surface area contributed by atoms with Gasteiger partial charge in [0.1, 0.15) is 23.1 Å². The van der Waals surface area contributed by atoms with E-state index in [1.807, 2.05) is 12.1 Å². The molecular formula is C18H12N4O3. The lowest BCUT2D eigenvalue weighted by molar-refractivity contribution is 0.0382. The van der Waals surface area contributed by atoms with E-state index in [2.05, 4.69) is 16.0 Å². The van der Waals surface area contributed by atoms with Gasteiger partial charge in [-0.15, -0.1) is 0 Å². The predicted octanol–water partition coefficient (Wildman–Crippen LogP) is 2.64. The first-order valence-electron chi connectivity index (χ1n) is 7.57. The first kappa shape index (κ1) is 14.9. The zero-order chi connectivity index (χ0) is 17.4. The molecule has 1 atom stereocenters. The molecule has 1 aromatic carbocycles. The third-order valence-electron chi connectivity index (χ3n) is 4.01. The number of rotatable bonds is 3. The minimum Gasteiger partial charge on any atom is -0.463 e. The van der Waals surface area contributed by atoms with Crippen LogP contribution in [0.1, 0.15) is 33.3 Å². The fourth-order valence-corrected chi connectivity index (χ4v) is 2.91. The van der Waals surface area contributed by atoms with Crippen molar-refractivity contribution >= 4 is 11.9 Å². The Balaban J connectivity index is 1.79. The summed E-state index contributed by atoms with van der Waals surface area (Å²) in [4.78, 5) is 20.7. The number of nitriles is 1. The van der Waals surface area contributed by atoms with Gasteiger partial charge >= 0.3 is 5.97 Å². The van der Waals surface area contributed by atoms with Crippen molar-refractivity contribution in [2.24, 2.45) is 0 Å². The summed E-state index contributed by atoms with van der Waals surface area (Å²) in [5, 5.41) is 9.24. The molecule has 7 heteroatoms. The lowest BCUT2D eigenvalue weighted by Crippen LogP contribution is -2.07. The van der Waals surface area contributed by atoms with Crippen molar-refractivity contribution in [3.05, 3.63) is 65.0 Å². The number of nitrogens with two attached hydrogens (primary N) is 1. The number of carbonyl (C=O) groups excluding carboxylic acids is 1. The van der Waals surface area contributed by atoms with E-state index in [0.29, 0.717) is 29.1 Å². The molecule has 25 heavy (non-hydrogen) atoms. The van der Waals surface area contributed by atoms with E-state index < -0.39 is 12.1 Å². The number of fused-ring (bicyclic) bond motifs is 1. The van der Waals surface area contributed by atoms with Gasteiger partial charge < -0.3 is 14.9 Å². The van der Waals surface area contributed by atoms with Crippen LogP contribution in [0, 0.1) is 11.3 Å². The standard InChI is InChI=1S/C18H12N4O3/c19-9-11-5-2-1-4-10(11)8-13-16-14(17(23)25-13)15(21-18(20)22-16)12-6-3-7-24-12/h1-7,13H,8H2,(H2,20,21,22). The number of nitrogen functional groups attached to an aromatic ring is 1. The van der Waals surface area contributed by atoms with Crippen LogP contribution >= 0.6 is 0 Å². The second-order valence-corrected chi connectivity index (χ2v) is 5.53. The van der Waals surface area contributed by atoms with Crippen LogP contribution in [0.4, 0.5) is 5.95 Å². The number of benzene rings is 1. The van der Waals surface area contributed by atoms with E-state index in [4.69, 9.17) is 14.9 Å². The molecule has 0 aliphatic carbocycles. The summed E-state index contributed by atoms with van der Waals surface area (Å²) in [7, 11) is 0. The molecule has 0 radical (unpaired) electrons. The molecule has 0 saturated carbocycles. The van der Waals surface area contributed by atoms with E-state index >= 15 is 0 Å². The van der Waals surface area contributed by atoms with E-state index in [1.165, 1.54) is 6.26 Å². The van der Waals surface area contributed by atoms with Gasteiger partial charge in [-0.05, 0) is 23.8 Å². The van der Waals surface area contributed by atoms with Gasteiger partial charge in [-0.1, -0.05) is 18.2 Å². The lowest BCUT2D eigenvalue weighted by Gasteiger charge is -2.11. The lowest BCUT2D eigenvalue weighted by atomic mass is 9.99. The fraction of sp³-hybridized carbons (Fsp3) is 0.111. The Bertz CT molecular complexity index is 1010. The third-order valence-corrected chi connectivity index (χ3v) is 4.01. The molecule has 2 N–H and O–H groups in total. The van der Waals surface area contributed by atoms with Gasteiger partial charge in [-0.3, -0.25) is 0 Å². The number of hydrogen-bond acceptors (Lipinski definition) is 7. The number of aromatic nitrogens is 2. The molecule has 0 fully saturated rings. The maximum atomic E-state index is 12.4. The Morgan fingerprint density at radius 2 is 2.04 bits per heavy atom. The van der Waals surface area contributed by atoms with Crippen molar-refractivity contribution < 1.29 is 13.9 Å². The zero-order valence-corrected chi connectivity index (χ0v) is 13.0. The summed E-state index contributed by atoms with van der Waals surface area (Å²) in [6, 6.07) is 12.7. The summed E-state index contributed by atoms with van der Waals surface area (Å²) in [6.07, 6.45) is 1.19. The maximum absolute atomic E-state index is 12.4. The van der Waals surface area contributed by atoms with E-state index in [1.54, 1.807) is 24.3 Å². The number of furan rings is 1. The topological polar surface area (TPSA) is 115 Å². The number of ether oxygens (including phenoxy) is 1. The Labute approximate surface area is 142 Å². The average Bonchev–Trinajstić information content (AvgIpc) is 3.24. The van der Waals surface area contributed by atoms with Crippen molar-refractivity contribution in [2.45, 2.75) is 12.5 Å². The summed E-state index contributed by atoms with van der Waals surface area (Å²) in [6.45, 7) is 0. The van der Waals surface area contributed by atoms with E-state index in [-0.39, 0.29) is 11.5 Å². The van der Waals surface area contributed by atoms with Crippen LogP contribution in [0.2, 0.25) is 0 Å². The molecule has 0 spiro atoms. The highest BCUT2D eigenvalue weighted by atomic mass is 16.5.